The first-order valence-electron chi connectivity index (χ1n) is 7.40. The zero-order valence-electron chi connectivity index (χ0n) is 12.9. The van der Waals surface area contributed by atoms with Gasteiger partial charge in [0.1, 0.15) is 0 Å². The first-order valence-corrected chi connectivity index (χ1v) is 7.40. The Hall–Kier alpha value is -3.12. The predicted molar refractivity (Wildman–Crippen MR) is 90.2 cm³/mol. The highest BCUT2D eigenvalue weighted by Gasteiger charge is 2.07. The van der Waals surface area contributed by atoms with Crippen LogP contribution in [0.25, 0.3) is 0 Å². The minimum atomic E-state index is -0.0275. The zero-order valence-corrected chi connectivity index (χ0v) is 12.9. The molecule has 0 aliphatic carbocycles. The number of carbonyl (C=O) groups is 1. The third kappa shape index (κ3) is 3.75. The van der Waals surface area contributed by atoms with Crippen LogP contribution in [0, 0.1) is 11.8 Å². The van der Waals surface area contributed by atoms with Crippen LogP contribution in [-0.2, 0) is 6.54 Å². The molecule has 3 aromatic rings. The van der Waals surface area contributed by atoms with Gasteiger partial charge in [0.2, 0.25) is 0 Å². The van der Waals surface area contributed by atoms with Gasteiger partial charge in [-0.1, -0.05) is 42.2 Å². The maximum Gasteiger partial charge on any atom is 0.195 e. The summed E-state index contributed by atoms with van der Waals surface area (Å²) in [5.41, 5.74) is 3.08. The SMILES string of the molecule is CC(=O)c1nccn1Cc1ccc(C#Cc2ccccc2)cc1. The maximum atomic E-state index is 11.5. The van der Waals surface area contributed by atoms with Gasteiger partial charge in [0, 0.05) is 37.0 Å². The van der Waals surface area contributed by atoms with Gasteiger partial charge in [-0.15, -0.1) is 0 Å². The summed E-state index contributed by atoms with van der Waals surface area (Å²) in [5.74, 6) is 6.75. The Morgan fingerprint density at radius 2 is 1.65 bits per heavy atom. The first-order chi connectivity index (χ1) is 11.2. The molecular formula is C20H16N2O. The van der Waals surface area contributed by atoms with Crippen LogP contribution < -0.4 is 0 Å². The molecule has 0 aliphatic heterocycles. The highest BCUT2D eigenvalue weighted by atomic mass is 16.1. The van der Waals surface area contributed by atoms with Gasteiger partial charge in [0.25, 0.3) is 0 Å². The van der Waals surface area contributed by atoms with Crippen molar-refractivity contribution in [3.05, 3.63) is 89.5 Å². The maximum absolute atomic E-state index is 11.5. The summed E-state index contributed by atoms with van der Waals surface area (Å²) in [6, 6.07) is 18.0. The first kappa shape index (κ1) is 14.8. The van der Waals surface area contributed by atoms with Crippen molar-refractivity contribution in [3.8, 4) is 11.8 Å². The van der Waals surface area contributed by atoms with E-state index in [0.717, 1.165) is 16.7 Å². The Balaban J connectivity index is 1.74. The van der Waals surface area contributed by atoms with Crippen LogP contribution in [-0.4, -0.2) is 15.3 Å². The fourth-order valence-corrected chi connectivity index (χ4v) is 2.31. The lowest BCUT2D eigenvalue weighted by Gasteiger charge is -2.06. The number of hydrogen-bond acceptors (Lipinski definition) is 2. The van der Waals surface area contributed by atoms with Gasteiger partial charge in [-0.2, -0.15) is 0 Å². The van der Waals surface area contributed by atoms with Crippen molar-refractivity contribution in [2.24, 2.45) is 0 Å². The Morgan fingerprint density at radius 3 is 2.30 bits per heavy atom. The van der Waals surface area contributed by atoms with Gasteiger partial charge in [-0.25, -0.2) is 4.98 Å². The Labute approximate surface area is 135 Å². The molecule has 1 aromatic heterocycles. The van der Waals surface area contributed by atoms with Gasteiger partial charge in [-0.3, -0.25) is 4.79 Å². The molecule has 0 bridgehead atoms. The number of aromatic nitrogens is 2. The third-order valence-corrected chi connectivity index (χ3v) is 3.46. The fourth-order valence-electron chi connectivity index (χ4n) is 2.31. The van der Waals surface area contributed by atoms with Crippen LogP contribution in [0.2, 0.25) is 0 Å². The molecule has 3 heteroatoms. The lowest BCUT2D eigenvalue weighted by atomic mass is 10.1. The summed E-state index contributed by atoms with van der Waals surface area (Å²) >= 11 is 0. The molecular weight excluding hydrogens is 284 g/mol. The van der Waals surface area contributed by atoms with Crippen molar-refractivity contribution in [2.75, 3.05) is 0 Å². The number of Topliss-reactive ketones (excluding diaryl/α,β-unsaturated/α-hetero) is 1. The summed E-state index contributed by atoms with van der Waals surface area (Å²) in [5, 5.41) is 0. The van der Waals surface area contributed by atoms with E-state index in [2.05, 4.69) is 16.8 Å². The van der Waals surface area contributed by atoms with E-state index in [4.69, 9.17) is 0 Å². The molecule has 0 aliphatic rings. The smallest absolute Gasteiger partial charge is 0.195 e. The molecule has 3 nitrogen and oxygen atoms in total. The Morgan fingerprint density at radius 1 is 1.00 bits per heavy atom. The molecule has 0 spiro atoms. The summed E-state index contributed by atoms with van der Waals surface area (Å²) in [4.78, 5) is 15.6. The van der Waals surface area contributed by atoms with E-state index in [1.165, 1.54) is 6.92 Å². The molecule has 2 aromatic carbocycles. The lowest BCUT2D eigenvalue weighted by molar-refractivity contribution is 0.1000. The average Bonchev–Trinajstić information content (AvgIpc) is 3.04. The summed E-state index contributed by atoms with van der Waals surface area (Å²) < 4.78 is 1.85. The van der Waals surface area contributed by atoms with Gasteiger partial charge >= 0.3 is 0 Å². The van der Waals surface area contributed by atoms with Crippen molar-refractivity contribution >= 4 is 5.78 Å². The molecule has 23 heavy (non-hydrogen) atoms. The van der Waals surface area contributed by atoms with Gasteiger partial charge in [0.15, 0.2) is 11.6 Å². The standard InChI is InChI=1S/C20H16N2O/c1-16(23)20-21-13-14-22(20)15-19-11-9-18(10-12-19)8-7-17-5-3-2-4-6-17/h2-6,9-14H,15H2,1H3. The molecule has 3 rings (SSSR count). The normalized spacial score (nSPS) is 9.96. The van der Waals surface area contributed by atoms with Crippen molar-refractivity contribution in [1.82, 2.24) is 9.55 Å². The second kappa shape index (κ2) is 6.76. The number of imidazole rings is 1. The van der Waals surface area contributed by atoms with Crippen molar-refractivity contribution in [3.63, 3.8) is 0 Å². The van der Waals surface area contributed by atoms with E-state index in [9.17, 15) is 4.79 Å². The van der Waals surface area contributed by atoms with E-state index < -0.39 is 0 Å². The molecule has 0 saturated carbocycles. The van der Waals surface area contributed by atoms with Crippen LogP contribution in [0.4, 0.5) is 0 Å². The monoisotopic (exact) mass is 300 g/mol. The topological polar surface area (TPSA) is 34.9 Å². The summed E-state index contributed by atoms with van der Waals surface area (Å²) in [6.07, 6.45) is 3.47. The minimum absolute atomic E-state index is 0.0275. The molecule has 0 unspecified atom stereocenters. The van der Waals surface area contributed by atoms with E-state index in [-0.39, 0.29) is 5.78 Å². The van der Waals surface area contributed by atoms with Crippen molar-refractivity contribution in [1.29, 1.82) is 0 Å². The fraction of sp³-hybridized carbons (Fsp3) is 0.100. The van der Waals surface area contributed by atoms with Crippen LogP contribution in [0.3, 0.4) is 0 Å². The highest BCUT2D eigenvalue weighted by Crippen LogP contribution is 2.08. The van der Waals surface area contributed by atoms with E-state index in [1.54, 1.807) is 6.20 Å². The summed E-state index contributed by atoms with van der Waals surface area (Å²) in [7, 11) is 0. The second-order valence-electron chi connectivity index (χ2n) is 5.25. The van der Waals surface area contributed by atoms with E-state index >= 15 is 0 Å². The van der Waals surface area contributed by atoms with Crippen LogP contribution in [0.1, 0.15) is 34.2 Å². The van der Waals surface area contributed by atoms with E-state index in [1.807, 2.05) is 65.4 Å². The molecule has 0 N–H and O–H groups in total. The Bertz CT molecular complexity index is 865. The number of nitrogens with zero attached hydrogens (tertiary/aromatic N) is 2. The molecule has 0 radical (unpaired) electrons. The molecule has 0 fully saturated rings. The van der Waals surface area contributed by atoms with Crippen LogP contribution in [0.15, 0.2) is 67.0 Å². The third-order valence-electron chi connectivity index (χ3n) is 3.46. The Kier molecular flexibility index (Phi) is 4.35. The number of rotatable bonds is 3. The number of ketones is 1. The quantitative estimate of drug-likeness (QED) is 0.548. The summed E-state index contributed by atoms with van der Waals surface area (Å²) in [6.45, 7) is 2.16. The molecule has 0 saturated heterocycles. The average molecular weight is 300 g/mol. The zero-order chi connectivity index (χ0) is 16.1. The number of carbonyl (C=O) groups excluding carboxylic acids is 1. The lowest BCUT2D eigenvalue weighted by Crippen LogP contribution is -2.08. The van der Waals surface area contributed by atoms with Crippen molar-refractivity contribution in [2.45, 2.75) is 13.5 Å². The molecule has 1 heterocycles. The predicted octanol–water partition coefficient (Wildman–Crippen LogP) is 3.53. The van der Waals surface area contributed by atoms with Gasteiger partial charge in [0.05, 0.1) is 0 Å². The molecule has 0 amide bonds. The largest absolute Gasteiger partial charge is 0.324 e. The van der Waals surface area contributed by atoms with Crippen molar-refractivity contribution < 1.29 is 4.79 Å². The number of hydrogen-bond donors (Lipinski definition) is 0. The van der Waals surface area contributed by atoms with E-state index in [0.29, 0.717) is 12.4 Å². The van der Waals surface area contributed by atoms with Gasteiger partial charge in [-0.05, 0) is 29.8 Å². The minimum Gasteiger partial charge on any atom is -0.324 e. The second-order valence-corrected chi connectivity index (χ2v) is 5.25. The van der Waals surface area contributed by atoms with Crippen LogP contribution >= 0.6 is 0 Å². The highest BCUT2D eigenvalue weighted by molar-refractivity contribution is 5.90. The van der Waals surface area contributed by atoms with Crippen LogP contribution in [0.5, 0.6) is 0 Å². The number of benzene rings is 2. The molecule has 112 valence electrons. The van der Waals surface area contributed by atoms with Gasteiger partial charge < -0.3 is 4.57 Å². The molecule has 0 atom stereocenters.